The monoisotopic (exact) mass is 554 g/mol. The average Bonchev–Trinajstić information content (AvgIpc) is 3.55. The fraction of sp³-hybridized carbons (Fsp3) is 0.556. The van der Waals surface area contributed by atoms with Gasteiger partial charge in [0.15, 0.2) is 17.7 Å². The van der Waals surface area contributed by atoms with E-state index in [0.29, 0.717) is 29.7 Å². The molecule has 12 heteroatoms. The molecule has 39 heavy (non-hydrogen) atoms. The van der Waals surface area contributed by atoms with Crippen molar-refractivity contribution in [1.82, 2.24) is 34.4 Å². The third-order valence-electron chi connectivity index (χ3n) is 8.33. The second-order valence-electron chi connectivity index (χ2n) is 11.3. The molecular formula is C27H35ClN8O3. The number of nitrogens with zero attached hydrogens (tertiary/aromatic N) is 6. The molecule has 4 aromatic rings. The fourth-order valence-corrected chi connectivity index (χ4v) is 6.17. The fourth-order valence-electron chi connectivity index (χ4n) is 6.01. The molecule has 6 rings (SSSR count). The highest BCUT2D eigenvalue weighted by Crippen LogP contribution is 2.38. The number of fused-ring (bicyclic) bond motifs is 2. The molecule has 0 radical (unpaired) electrons. The Kier molecular flexibility index (Phi) is 6.96. The summed E-state index contributed by atoms with van der Waals surface area (Å²) in [5.41, 5.74) is 9.80. The predicted molar refractivity (Wildman–Crippen MR) is 148 cm³/mol. The lowest BCUT2D eigenvalue weighted by Gasteiger charge is -2.46. The van der Waals surface area contributed by atoms with Crippen LogP contribution in [0.3, 0.4) is 0 Å². The lowest BCUT2D eigenvalue weighted by molar-refractivity contribution is -0.0620. The number of nitrogens with one attached hydrogen (secondary N) is 1. The summed E-state index contributed by atoms with van der Waals surface area (Å²) in [6.07, 6.45) is 3.50. The lowest BCUT2D eigenvalue weighted by Crippen LogP contribution is -2.52. The van der Waals surface area contributed by atoms with Gasteiger partial charge in [0.1, 0.15) is 36.0 Å². The van der Waals surface area contributed by atoms with Gasteiger partial charge in [-0.05, 0) is 63.6 Å². The van der Waals surface area contributed by atoms with Crippen molar-refractivity contribution in [3.8, 4) is 0 Å². The molecule has 1 aliphatic carbocycles. The van der Waals surface area contributed by atoms with Crippen LogP contribution in [0.4, 0.5) is 5.82 Å². The molecule has 4 heterocycles. The Labute approximate surface area is 231 Å². The summed E-state index contributed by atoms with van der Waals surface area (Å²) < 4.78 is 7.83. The van der Waals surface area contributed by atoms with E-state index in [-0.39, 0.29) is 11.9 Å². The number of aromatic amines is 1. The number of aliphatic hydroxyl groups excluding tert-OH is 2. The van der Waals surface area contributed by atoms with Crippen molar-refractivity contribution in [2.45, 2.75) is 83.1 Å². The first-order chi connectivity index (χ1) is 18.7. The number of anilines is 1. The van der Waals surface area contributed by atoms with E-state index in [0.717, 1.165) is 53.1 Å². The predicted octanol–water partition coefficient (Wildman–Crippen LogP) is 2.99. The number of aryl methyl sites for hydroxylation is 2. The zero-order valence-corrected chi connectivity index (χ0v) is 23.1. The maximum Gasteiger partial charge on any atom is 0.167 e. The molecule has 0 spiro atoms. The van der Waals surface area contributed by atoms with Gasteiger partial charge in [0.2, 0.25) is 0 Å². The number of nitrogens with two attached hydrogens (primary N) is 1. The van der Waals surface area contributed by atoms with E-state index in [1.807, 2.05) is 19.1 Å². The van der Waals surface area contributed by atoms with E-state index < -0.39 is 24.5 Å². The zero-order chi connectivity index (χ0) is 27.4. The standard InChI is InChI=1S/C27H35ClN8O3/c1-13(2)35(16-7-15(8-16)4-5-21-33-18-6-14(3)17(28)9-19(18)34-21)10-20-23(37)24(38)27(39-20)36-12-32-22-25(29)30-11-31-26(22)36/h6,9,11-13,15-16,20,23-24,27,37-38H,4-5,7-8,10H2,1-3H3,(H,33,34)(H2,29,30,31)/t15-,16-,20-,23-,24-,27-/m1/s1. The van der Waals surface area contributed by atoms with E-state index in [2.05, 4.69) is 38.7 Å². The minimum Gasteiger partial charge on any atom is -0.387 e. The Morgan fingerprint density at radius 3 is 2.77 bits per heavy atom. The summed E-state index contributed by atoms with van der Waals surface area (Å²) >= 11 is 6.26. The number of benzene rings is 1. The number of ether oxygens (including phenoxy) is 1. The molecule has 208 valence electrons. The number of hydrogen-bond acceptors (Lipinski definition) is 9. The first-order valence-electron chi connectivity index (χ1n) is 13.5. The Balaban J connectivity index is 1.07. The van der Waals surface area contributed by atoms with Gasteiger partial charge in [0.25, 0.3) is 0 Å². The van der Waals surface area contributed by atoms with E-state index in [9.17, 15) is 10.2 Å². The molecule has 0 bridgehead atoms. The second kappa shape index (κ2) is 10.3. The number of nitrogen functional groups attached to an aromatic ring is 1. The summed E-state index contributed by atoms with van der Waals surface area (Å²) in [5.74, 6) is 1.87. The number of rotatable bonds is 8. The number of H-pyrrole nitrogens is 1. The molecule has 0 unspecified atom stereocenters. The number of imidazole rings is 2. The molecule has 0 amide bonds. The Morgan fingerprint density at radius 1 is 1.21 bits per heavy atom. The van der Waals surface area contributed by atoms with E-state index in [4.69, 9.17) is 27.1 Å². The van der Waals surface area contributed by atoms with Crippen molar-refractivity contribution in [2.75, 3.05) is 12.3 Å². The van der Waals surface area contributed by atoms with Crippen LogP contribution in [0.1, 0.15) is 50.7 Å². The maximum absolute atomic E-state index is 10.9. The van der Waals surface area contributed by atoms with Gasteiger partial charge in [-0.25, -0.2) is 19.9 Å². The first-order valence-corrected chi connectivity index (χ1v) is 13.9. The van der Waals surface area contributed by atoms with Crippen LogP contribution in [-0.4, -0.2) is 81.5 Å². The van der Waals surface area contributed by atoms with Crippen molar-refractivity contribution in [3.63, 3.8) is 0 Å². The summed E-state index contributed by atoms with van der Waals surface area (Å²) in [6.45, 7) is 6.84. The molecule has 5 N–H and O–H groups in total. The van der Waals surface area contributed by atoms with E-state index in [1.165, 1.54) is 12.7 Å². The SMILES string of the molecule is Cc1cc2[nH]c(CC[C@H]3C[C@H](N(C[C@H]4O[C@@H](n5cnc6c(N)ncnc65)[C@H](O)[C@@H]4O)C(C)C)C3)nc2cc1Cl. The van der Waals surface area contributed by atoms with Gasteiger partial charge in [-0.3, -0.25) is 9.47 Å². The van der Waals surface area contributed by atoms with Crippen LogP contribution in [-0.2, 0) is 11.2 Å². The normalized spacial score (nSPS) is 27.3. The van der Waals surface area contributed by atoms with Crippen molar-refractivity contribution < 1.29 is 14.9 Å². The molecule has 3 aromatic heterocycles. The number of aromatic nitrogens is 6. The second-order valence-corrected chi connectivity index (χ2v) is 11.7. The van der Waals surface area contributed by atoms with Gasteiger partial charge in [0, 0.05) is 30.1 Å². The minimum atomic E-state index is -1.12. The van der Waals surface area contributed by atoms with Crippen molar-refractivity contribution in [2.24, 2.45) is 5.92 Å². The smallest absolute Gasteiger partial charge is 0.167 e. The molecule has 1 aromatic carbocycles. The topological polar surface area (TPSA) is 151 Å². The zero-order valence-electron chi connectivity index (χ0n) is 22.3. The van der Waals surface area contributed by atoms with E-state index >= 15 is 0 Å². The molecule has 1 aliphatic heterocycles. The molecule has 2 fully saturated rings. The van der Waals surface area contributed by atoms with Crippen LogP contribution >= 0.6 is 11.6 Å². The third-order valence-corrected chi connectivity index (χ3v) is 8.74. The highest BCUT2D eigenvalue weighted by Gasteiger charge is 2.46. The molecular weight excluding hydrogens is 520 g/mol. The van der Waals surface area contributed by atoms with Crippen LogP contribution in [0.5, 0.6) is 0 Å². The van der Waals surface area contributed by atoms with Crippen molar-refractivity contribution >= 4 is 39.6 Å². The van der Waals surface area contributed by atoms with Gasteiger partial charge in [-0.15, -0.1) is 0 Å². The summed E-state index contributed by atoms with van der Waals surface area (Å²) in [6, 6.07) is 4.65. The van der Waals surface area contributed by atoms with Gasteiger partial charge >= 0.3 is 0 Å². The maximum atomic E-state index is 10.9. The Morgan fingerprint density at radius 2 is 2.00 bits per heavy atom. The molecule has 1 saturated heterocycles. The molecule has 2 aliphatic rings. The largest absolute Gasteiger partial charge is 0.387 e. The van der Waals surface area contributed by atoms with Gasteiger partial charge < -0.3 is 25.7 Å². The molecule has 4 atom stereocenters. The lowest BCUT2D eigenvalue weighted by atomic mass is 9.76. The highest BCUT2D eigenvalue weighted by atomic mass is 35.5. The average molecular weight is 555 g/mol. The van der Waals surface area contributed by atoms with Crippen LogP contribution in [0.15, 0.2) is 24.8 Å². The molecule has 11 nitrogen and oxygen atoms in total. The van der Waals surface area contributed by atoms with Crippen LogP contribution in [0, 0.1) is 12.8 Å². The van der Waals surface area contributed by atoms with Gasteiger partial charge in [-0.1, -0.05) is 11.6 Å². The van der Waals surface area contributed by atoms with Gasteiger partial charge in [-0.2, -0.15) is 0 Å². The van der Waals surface area contributed by atoms with E-state index in [1.54, 1.807) is 4.57 Å². The quantitative estimate of drug-likeness (QED) is 0.257. The number of aliphatic hydroxyl groups is 2. The summed E-state index contributed by atoms with van der Waals surface area (Å²) in [7, 11) is 0. The summed E-state index contributed by atoms with van der Waals surface area (Å²) in [4.78, 5) is 23.0. The number of hydrogen-bond donors (Lipinski definition) is 4. The third kappa shape index (κ3) is 4.87. The summed E-state index contributed by atoms with van der Waals surface area (Å²) in [5, 5.41) is 22.5. The first kappa shape index (κ1) is 26.4. The Hall–Kier alpha value is -2.83. The highest BCUT2D eigenvalue weighted by molar-refractivity contribution is 6.32. The minimum absolute atomic E-state index is 0.258. The van der Waals surface area contributed by atoms with Gasteiger partial charge in [0.05, 0.1) is 17.4 Å². The van der Waals surface area contributed by atoms with Crippen molar-refractivity contribution in [3.05, 3.63) is 41.2 Å². The van der Waals surface area contributed by atoms with Crippen LogP contribution in [0.25, 0.3) is 22.2 Å². The Bertz CT molecular complexity index is 1440. The molecule has 1 saturated carbocycles. The van der Waals surface area contributed by atoms with Crippen molar-refractivity contribution in [1.29, 1.82) is 0 Å². The number of halogens is 1. The van der Waals surface area contributed by atoms with Crippen LogP contribution < -0.4 is 5.73 Å². The van der Waals surface area contributed by atoms with Crippen LogP contribution in [0.2, 0.25) is 5.02 Å².